The molecule has 0 bridgehead atoms. The minimum atomic E-state index is -0.880. The van der Waals surface area contributed by atoms with E-state index in [1.165, 1.54) is 0 Å². The topological polar surface area (TPSA) is 66.5 Å². The van der Waals surface area contributed by atoms with Gasteiger partial charge in [0.05, 0.1) is 12.1 Å². The molecular weight excluding hydrogens is 166 g/mol. The lowest BCUT2D eigenvalue weighted by Gasteiger charge is -2.25. The van der Waals surface area contributed by atoms with Crippen molar-refractivity contribution < 1.29 is 10.2 Å². The Morgan fingerprint density at radius 2 is 2.08 bits per heavy atom. The lowest BCUT2D eigenvalue weighted by Crippen LogP contribution is -2.37. The van der Waals surface area contributed by atoms with Crippen LogP contribution in [0.25, 0.3) is 0 Å². The van der Waals surface area contributed by atoms with Gasteiger partial charge >= 0.3 is 0 Å². The second kappa shape index (κ2) is 3.36. The zero-order valence-corrected chi connectivity index (χ0v) is 7.91. The molecule has 0 fully saturated rings. The van der Waals surface area contributed by atoms with Gasteiger partial charge in [-0.25, -0.2) is 0 Å². The molecule has 0 saturated heterocycles. The fourth-order valence-corrected chi connectivity index (χ4v) is 1.47. The van der Waals surface area contributed by atoms with Crippen LogP contribution < -0.4 is 5.73 Å². The van der Waals surface area contributed by atoms with Crippen molar-refractivity contribution in [3.8, 4) is 5.75 Å². The summed E-state index contributed by atoms with van der Waals surface area (Å²) in [6.07, 6.45) is 0. The molecule has 1 rings (SSSR count). The van der Waals surface area contributed by atoms with E-state index in [-0.39, 0.29) is 12.4 Å². The van der Waals surface area contributed by atoms with Crippen molar-refractivity contribution in [2.24, 2.45) is 5.73 Å². The Bertz CT molecular complexity index is 288. The highest BCUT2D eigenvalue weighted by atomic mass is 16.3. The molecule has 0 amide bonds. The number of rotatable bonds is 2. The molecule has 0 saturated carbocycles. The second-order valence-corrected chi connectivity index (χ2v) is 3.54. The number of benzene rings is 1. The predicted molar refractivity (Wildman–Crippen MR) is 51.5 cm³/mol. The highest BCUT2D eigenvalue weighted by Crippen LogP contribution is 2.29. The quantitative estimate of drug-likeness (QED) is 0.634. The zero-order chi connectivity index (χ0) is 10.1. The fraction of sp³-hybridized carbons (Fsp3) is 0.400. The Kier molecular flexibility index (Phi) is 2.59. The number of phenolic OH excluding ortho intramolecular Hbond substituents is 1. The van der Waals surface area contributed by atoms with Crippen LogP contribution in [0.1, 0.15) is 18.1 Å². The third-order valence-corrected chi connectivity index (χ3v) is 2.15. The van der Waals surface area contributed by atoms with E-state index >= 15 is 0 Å². The number of hydrogen-bond acceptors (Lipinski definition) is 3. The molecule has 0 aliphatic heterocycles. The number of aryl methyl sites for hydroxylation is 1. The van der Waals surface area contributed by atoms with E-state index in [0.717, 1.165) is 5.56 Å². The van der Waals surface area contributed by atoms with Crippen molar-refractivity contribution in [3.05, 3.63) is 29.3 Å². The summed E-state index contributed by atoms with van der Waals surface area (Å²) in [7, 11) is 0. The van der Waals surface area contributed by atoms with E-state index in [1.807, 2.05) is 13.0 Å². The first kappa shape index (κ1) is 10.0. The fourth-order valence-electron chi connectivity index (χ4n) is 1.47. The maximum absolute atomic E-state index is 9.57. The molecule has 1 unspecified atom stereocenters. The molecule has 72 valence electrons. The summed E-state index contributed by atoms with van der Waals surface area (Å²) in [5.41, 5.74) is 6.45. The van der Waals surface area contributed by atoms with E-state index in [9.17, 15) is 5.11 Å². The third kappa shape index (κ3) is 1.82. The Hall–Kier alpha value is -1.06. The van der Waals surface area contributed by atoms with Gasteiger partial charge in [0.2, 0.25) is 0 Å². The van der Waals surface area contributed by atoms with E-state index < -0.39 is 5.54 Å². The summed E-state index contributed by atoms with van der Waals surface area (Å²) in [6.45, 7) is 3.36. The van der Waals surface area contributed by atoms with Gasteiger partial charge in [0.1, 0.15) is 5.75 Å². The first-order valence-corrected chi connectivity index (χ1v) is 4.18. The van der Waals surface area contributed by atoms with Crippen LogP contribution in [0, 0.1) is 6.92 Å². The van der Waals surface area contributed by atoms with Crippen LogP contribution in [0.4, 0.5) is 0 Å². The normalized spacial score (nSPS) is 15.4. The number of phenols is 1. The maximum Gasteiger partial charge on any atom is 0.120 e. The Labute approximate surface area is 77.8 Å². The van der Waals surface area contributed by atoms with Crippen LogP contribution in [-0.4, -0.2) is 16.8 Å². The molecule has 3 heteroatoms. The third-order valence-electron chi connectivity index (χ3n) is 2.15. The molecule has 13 heavy (non-hydrogen) atoms. The van der Waals surface area contributed by atoms with Crippen LogP contribution in [0.2, 0.25) is 0 Å². The zero-order valence-electron chi connectivity index (χ0n) is 7.91. The molecule has 1 atom stereocenters. The van der Waals surface area contributed by atoms with Gasteiger partial charge in [0.15, 0.2) is 0 Å². The van der Waals surface area contributed by atoms with Gasteiger partial charge in [0.25, 0.3) is 0 Å². The van der Waals surface area contributed by atoms with Gasteiger partial charge in [-0.3, -0.25) is 0 Å². The van der Waals surface area contributed by atoms with Gasteiger partial charge < -0.3 is 15.9 Å². The van der Waals surface area contributed by atoms with Gasteiger partial charge in [0, 0.05) is 5.56 Å². The van der Waals surface area contributed by atoms with E-state index in [0.29, 0.717) is 5.56 Å². The largest absolute Gasteiger partial charge is 0.508 e. The van der Waals surface area contributed by atoms with Crippen LogP contribution in [0.3, 0.4) is 0 Å². The lowest BCUT2D eigenvalue weighted by atomic mass is 9.89. The molecular formula is C10H15NO2. The summed E-state index contributed by atoms with van der Waals surface area (Å²) < 4.78 is 0. The lowest BCUT2D eigenvalue weighted by molar-refractivity contribution is 0.206. The monoisotopic (exact) mass is 181 g/mol. The Morgan fingerprint density at radius 1 is 1.46 bits per heavy atom. The highest BCUT2D eigenvalue weighted by molar-refractivity contribution is 5.43. The van der Waals surface area contributed by atoms with Crippen LogP contribution in [0.15, 0.2) is 18.2 Å². The minimum absolute atomic E-state index is 0.138. The van der Waals surface area contributed by atoms with Gasteiger partial charge in [-0.15, -0.1) is 0 Å². The molecule has 1 aromatic carbocycles. The summed E-state index contributed by atoms with van der Waals surface area (Å²) in [5, 5.41) is 18.6. The van der Waals surface area contributed by atoms with Crippen molar-refractivity contribution in [2.45, 2.75) is 19.4 Å². The second-order valence-electron chi connectivity index (χ2n) is 3.54. The summed E-state index contributed by atoms with van der Waals surface area (Å²) in [4.78, 5) is 0. The summed E-state index contributed by atoms with van der Waals surface area (Å²) in [6, 6.07) is 5.18. The predicted octanol–water partition coefficient (Wildman–Crippen LogP) is 0.867. The molecule has 0 heterocycles. The SMILES string of the molecule is Cc1cccc(O)c1C(C)(N)CO. The molecule has 1 aromatic rings. The van der Waals surface area contributed by atoms with Gasteiger partial charge in [-0.2, -0.15) is 0 Å². The molecule has 3 nitrogen and oxygen atoms in total. The number of aliphatic hydroxyl groups is 1. The van der Waals surface area contributed by atoms with E-state index in [4.69, 9.17) is 10.8 Å². The molecule has 0 aromatic heterocycles. The summed E-state index contributed by atoms with van der Waals surface area (Å²) >= 11 is 0. The Balaban J connectivity index is 3.28. The van der Waals surface area contributed by atoms with E-state index in [2.05, 4.69) is 0 Å². The molecule has 0 spiro atoms. The first-order chi connectivity index (χ1) is 5.99. The molecule has 0 aliphatic rings. The highest BCUT2D eigenvalue weighted by Gasteiger charge is 2.25. The smallest absolute Gasteiger partial charge is 0.120 e. The number of aliphatic hydroxyl groups excluding tert-OH is 1. The van der Waals surface area contributed by atoms with Crippen LogP contribution >= 0.6 is 0 Å². The van der Waals surface area contributed by atoms with Crippen molar-refractivity contribution in [1.29, 1.82) is 0 Å². The average molecular weight is 181 g/mol. The molecule has 0 aliphatic carbocycles. The van der Waals surface area contributed by atoms with Crippen LogP contribution in [-0.2, 0) is 5.54 Å². The van der Waals surface area contributed by atoms with Crippen LogP contribution in [0.5, 0.6) is 5.75 Å². The molecule has 4 N–H and O–H groups in total. The maximum atomic E-state index is 9.57. The minimum Gasteiger partial charge on any atom is -0.508 e. The number of nitrogens with two attached hydrogens (primary N) is 1. The standard InChI is InChI=1S/C10H15NO2/c1-7-4-3-5-8(13)9(7)10(2,11)6-12/h3-5,12-13H,6,11H2,1-2H3. The number of aromatic hydroxyl groups is 1. The Morgan fingerprint density at radius 3 is 2.54 bits per heavy atom. The summed E-state index contributed by atoms with van der Waals surface area (Å²) in [5.74, 6) is 0.138. The van der Waals surface area contributed by atoms with Gasteiger partial charge in [-0.1, -0.05) is 12.1 Å². The first-order valence-electron chi connectivity index (χ1n) is 4.18. The van der Waals surface area contributed by atoms with Crippen molar-refractivity contribution in [3.63, 3.8) is 0 Å². The van der Waals surface area contributed by atoms with E-state index in [1.54, 1.807) is 19.1 Å². The number of hydrogen-bond donors (Lipinski definition) is 3. The average Bonchev–Trinajstić information content (AvgIpc) is 2.03. The van der Waals surface area contributed by atoms with Crippen molar-refractivity contribution in [1.82, 2.24) is 0 Å². The van der Waals surface area contributed by atoms with Crippen molar-refractivity contribution in [2.75, 3.05) is 6.61 Å². The molecule has 0 radical (unpaired) electrons. The van der Waals surface area contributed by atoms with Gasteiger partial charge in [-0.05, 0) is 25.5 Å². The van der Waals surface area contributed by atoms with Crippen molar-refractivity contribution >= 4 is 0 Å².